The van der Waals surface area contributed by atoms with E-state index in [0.717, 1.165) is 16.9 Å². The van der Waals surface area contributed by atoms with Crippen LogP contribution in [0.15, 0.2) is 42.9 Å². The van der Waals surface area contributed by atoms with E-state index in [2.05, 4.69) is 27.2 Å². The lowest BCUT2D eigenvalue weighted by atomic mass is 9.94. The van der Waals surface area contributed by atoms with Crippen LogP contribution in [-0.4, -0.2) is 29.0 Å². The maximum Gasteiger partial charge on any atom is 0.224 e. The molecule has 1 fully saturated rings. The minimum absolute atomic E-state index is 0.00289. The highest BCUT2D eigenvalue weighted by molar-refractivity contribution is 5.78. The molecule has 2 aromatic rings. The Morgan fingerprint density at radius 2 is 2.00 bits per heavy atom. The average molecular weight is 338 g/mol. The molecule has 0 spiro atoms. The van der Waals surface area contributed by atoms with Crippen molar-refractivity contribution in [3.63, 3.8) is 0 Å². The molecule has 1 saturated carbocycles. The van der Waals surface area contributed by atoms with Gasteiger partial charge < -0.3 is 10.2 Å². The normalized spacial score (nSPS) is 14.9. The van der Waals surface area contributed by atoms with E-state index in [9.17, 15) is 4.79 Å². The molecule has 25 heavy (non-hydrogen) atoms. The van der Waals surface area contributed by atoms with Crippen LogP contribution in [0.3, 0.4) is 0 Å². The molecule has 3 rings (SSSR count). The third-order valence-electron chi connectivity index (χ3n) is 4.89. The van der Waals surface area contributed by atoms with Crippen LogP contribution in [0, 0.1) is 0 Å². The summed E-state index contributed by atoms with van der Waals surface area (Å²) >= 11 is 0. The summed E-state index contributed by atoms with van der Waals surface area (Å²) in [7, 11) is 2.12. The molecule has 0 aliphatic heterocycles. The van der Waals surface area contributed by atoms with Crippen LogP contribution >= 0.6 is 0 Å². The molecule has 132 valence electrons. The third kappa shape index (κ3) is 4.78. The van der Waals surface area contributed by atoms with Crippen LogP contribution in [0.25, 0.3) is 0 Å². The summed E-state index contributed by atoms with van der Waals surface area (Å²) in [6.45, 7) is 0.499. The Labute approximate surface area is 149 Å². The van der Waals surface area contributed by atoms with Gasteiger partial charge in [0, 0.05) is 43.8 Å². The lowest BCUT2D eigenvalue weighted by molar-refractivity contribution is -0.120. The summed E-state index contributed by atoms with van der Waals surface area (Å²) < 4.78 is 0. The van der Waals surface area contributed by atoms with Crippen molar-refractivity contribution in [1.29, 1.82) is 0 Å². The highest BCUT2D eigenvalue weighted by Gasteiger charge is 2.21. The molecular weight excluding hydrogens is 312 g/mol. The highest BCUT2D eigenvalue weighted by Crippen LogP contribution is 2.26. The van der Waals surface area contributed by atoms with Crippen molar-refractivity contribution in [3.8, 4) is 0 Å². The number of carbonyl (C=O) groups is 1. The Bertz CT molecular complexity index is 683. The summed E-state index contributed by atoms with van der Waals surface area (Å²) in [4.78, 5) is 23.1. The topological polar surface area (TPSA) is 58.1 Å². The first-order valence-corrected chi connectivity index (χ1v) is 9.06. The molecular formula is C20H26N4O. The van der Waals surface area contributed by atoms with Crippen molar-refractivity contribution < 1.29 is 4.79 Å². The quantitative estimate of drug-likeness (QED) is 0.879. The lowest BCUT2D eigenvalue weighted by Gasteiger charge is -2.33. The summed E-state index contributed by atoms with van der Waals surface area (Å²) in [5.74, 6) is 0.985. The van der Waals surface area contributed by atoms with Crippen LogP contribution in [0.2, 0.25) is 0 Å². The van der Waals surface area contributed by atoms with Gasteiger partial charge in [-0.15, -0.1) is 0 Å². The maximum atomic E-state index is 12.2. The Morgan fingerprint density at radius 3 is 2.76 bits per heavy atom. The van der Waals surface area contributed by atoms with Crippen LogP contribution in [0.5, 0.6) is 0 Å². The number of hydrogen-bond acceptors (Lipinski definition) is 4. The molecule has 0 atom stereocenters. The number of anilines is 1. The molecule has 1 aliphatic rings. The van der Waals surface area contributed by atoms with Gasteiger partial charge in [0.2, 0.25) is 5.91 Å². The second kappa shape index (κ2) is 8.60. The minimum Gasteiger partial charge on any atom is -0.356 e. The van der Waals surface area contributed by atoms with Crippen LogP contribution < -0.4 is 10.2 Å². The number of rotatable bonds is 6. The molecule has 0 saturated heterocycles. The number of pyridine rings is 2. The third-order valence-corrected chi connectivity index (χ3v) is 4.89. The fraction of sp³-hybridized carbons (Fsp3) is 0.450. The van der Waals surface area contributed by atoms with Gasteiger partial charge in [-0.25, -0.2) is 4.98 Å². The van der Waals surface area contributed by atoms with Gasteiger partial charge in [0.15, 0.2) is 0 Å². The fourth-order valence-electron chi connectivity index (χ4n) is 3.47. The molecule has 0 bridgehead atoms. The van der Waals surface area contributed by atoms with Gasteiger partial charge in [-0.1, -0.05) is 31.4 Å². The Hall–Kier alpha value is -2.43. The van der Waals surface area contributed by atoms with Crippen molar-refractivity contribution in [2.45, 2.75) is 51.1 Å². The molecule has 1 aliphatic carbocycles. The fourth-order valence-corrected chi connectivity index (χ4v) is 3.47. The monoisotopic (exact) mass is 338 g/mol. The van der Waals surface area contributed by atoms with Crippen LogP contribution in [-0.2, 0) is 17.8 Å². The second-order valence-electron chi connectivity index (χ2n) is 6.70. The zero-order valence-electron chi connectivity index (χ0n) is 14.8. The van der Waals surface area contributed by atoms with E-state index >= 15 is 0 Å². The first-order chi connectivity index (χ1) is 12.2. The predicted octanol–water partition coefficient (Wildman–Crippen LogP) is 3.10. The van der Waals surface area contributed by atoms with Gasteiger partial charge in [-0.3, -0.25) is 9.78 Å². The number of carbonyl (C=O) groups excluding carboxylic acids is 1. The summed E-state index contributed by atoms with van der Waals surface area (Å²) in [6, 6.07) is 8.29. The highest BCUT2D eigenvalue weighted by atomic mass is 16.1. The average Bonchev–Trinajstić information content (AvgIpc) is 2.67. The van der Waals surface area contributed by atoms with E-state index in [1.54, 1.807) is 12.4 Å². The maximum absolute atomic E-state index is 12.2. The molecule has 2 heterocycles. The molecule has 0 unspecified atom stereocenters. The first-order valence-electron chi connectivity index (χ1n) is 9.06. The number of amides is 1. The van der Waals surface area contributed by atoms with E-state index in [1.807, 2.05) is 30.5 Å². The molecule has 1 N–H and O–H groups in total. The van der Waals surface area contributed by atoms with Gasteiger partial charge in [-0.05, 0) is 30.5 Å². The number of hydrogen-bond donors (Lipinski definition) is 1. The van der Waals surface area contributed by atoms with E-state index < -0.39 is 0 Å². The first kappa shape index (κ1) is 17.4. The predicted molar refractivity (Wildman–Crippen MR) is 99.3 cm³/mol. The van der Waals surface area contributed by atoms with E-state index in [0.29, 0.717) is 19.0 Å². The van der Waals surface area contributed by atoms with Gasteiger partial charge >= 0.3 is 0 Å². The zero-order valence-corrected chi connectivity index (χ0v) is 14.8. The Kier molecular flexibility index (Phi) is 5.99. The van der Waals surface area contributed by atoms with Crippen molar-refractivity contribution in [2.24, 2.45) is 0 Å². The van der Waals surface area contributed by atoms with Crippen LogP contribution in [0.1, 0.15) is 43.2 Å². The second-order valence-corrected chi connectivity index (χ2v) is 6.70. The number of nitrogens with zero attached hydrogens (tertiary/aromatic N) is 3. The summed E-state index contributed by atoms with van der Waals surface area (Å²) in [5, 5.41) is 3.01. The van der Waals surface area contributed by atoms with Gasteiger partial charge in [0.05, 0.1) is 6.42 Å². The van der Waals surface area contributed by atoms with Gasteiger partial charge in [0.1, 0.15) is 5.82 Å². The van der Waals surface area contributed by atoms with E-state index in [1.165, 1.54) is 32.1 Å². The largest absolute Gasteiger partial charge is 0.356 e. The van der Waals surface area contributed by atoms with Crippen molar-refractivity contribution >= 4 is 11.7 Å². The molecule has 0 radical (unpaired) electrons. The minimum atomic E-state index is 0.00289. The van der Waals surface area contributed by atoms with Gasteiger partial charge in [0.25, 0.3) is 0 Å². The standard InChI is InChI=1S/C20H26N4O/c1-24(18-9-3-2-4-10-18)20-17(8-6-12-22-20)15-23-19(25)13-16-7-5-11-21-14-16/h5-8,11-12,14,18H,2-4,9-10,13,15H2,1H3,(H,23,25). The summed E-state index contributed by atoms with van der Waals surface area (Å²) in [5.41, 5.74) is 1.99. The lowest BCUT2D eigenvalue weighted by Crippen LogP contribution is -2.35. The zero-order chi connectivity index (χ0) is 17.5. The molecule has 0 aromatic carbocycles. The molecule has 1 amide bonds. The van der Waals surface area contributed by atoms with Crippen molar-refractivity contribution in [2.75, 3.05) is 11.9 Å². The van der Waals surface area contributed by atoms with Crippen molar-refractivity contribution in [3.05, 3.63) is 54.0 Å². The summed E-state index contributed by atoms with van der Waals surface area (Å²) in [6.07, 6.45) is 12.0. The van der Waals surface area contributed by atoms with E-state index in [4.69, 9.17) is 0 Å². The number of nitrogens with one attached hydrogen (secondary N) is 1. The molecule has 2 aromatic heterocycles. The van der Waals surface area contributed by atoms with Crippen molar-refractivity contribution in [1.82, 2.24) is 15.3 Å². The molecule has 5 nitrogen and oxygen atoms in total. The number of aromatic nitrogens is 2. The molecule has 5 heteroatoms. The van der Waals surface area contributed by atoms with E-state index in [-0.39, 0.29) is 5.91 Å². The SMILES string of the molecule is CN(c1ncccc1CNC(=O)Cc1cccnc1)C1CCCCC1. The Balaban J connectivity index is 1.61. The Morgan fingerprint density at radius 1 is 1.20 bits per heavy atom. The smallest absolute Gasteiger partial charge is 0.224 e. The van der Waals surface area contributed by atoms with Crippen LogP contribution in [0.4, 0.5) is 5.82 Å². The van der Waals surface area contributed by atoms with Gasteiger partial charge in [-0.2, -0.15) is 0 Å².